The van der Waals surface area contributed by atoms with Crippen LogP contribution in [0.4, 0.5) is 20.6 Å². The molecule has 3 aromatic rings. The van der Waals surface area contributed by atoms with Gasteiger partial charge in [0.2, 0.25) is 10.0 Å². The van der Waals surface area contributed by atoms with Gasteiger partial charge < -0.3 is 16.4 Å². The van der Waals surface area contributed by atoms with Crippen LogP contribution in [-0.2, 0) is 23.1 Å². The van der Waals surface area contributed by atoms with Gasteiger partial charge in [0.25, 0.3) is 5.91 Å². The number of hydrogen-bond donors (Lipinski definition) is 3. The predicted octanol–water partition coefficient (Wildman–Crippen LogP) is 4.13. The maximum Gasteiger partial charge on any atom is 0.333 e. The van der Waals surface area contributed by atoms with Gasteiger partial charge in [0.15, 0.2) is 0 Å². The molecule has 0 radical (unpaired) electrons. The molecule has 3 rings (SSSR count). The monoisotopic (exact) mass is 543 g/mol. The van der Waals surface area contributed by atoms with Gasteiger partial charge in [0.1, 0.15) is 5.82 Å². The summed E-state index contributed by atoms with van der Waals surface area (Å²) in [6.45, 7) is 1.51. The van der Waals surface area contributed by atoms with Crippen molar-refractivity contribution in [3.63, 3.8) is 0 Å². The van der Waals surface area contributed by atoms with Crippen molar-refractivity contribution in [1.29, 1.82) is 5.26 Å². The zero-order valence-electron chi connectivity index (χ0n) is 19.7. The minimum absolute atomic E-state index is 0.00503. The van der Waals surface area contributed by atoms with Gasteiger partial charge in [0.05, 0.1) is 23.1 Å². The molecule has 0 aromatic heterocycles. The van der Waals surface area contributed by atoms with Crippen LogP contribution in [-0.4, -0.2) is 26.1 Å². The lowest BCUT2D eigenvalue weighted by molar-refractivity contribution is 0.0951. The van der Waals surface area contributed by atoms with Gasteiger partial charge in [-0.05, 0) is 48.9 Å². The first-order chi connectivity index (χ1) is 17.6. The van der Waals surface area contributed by atoms with Gasteiger partial charge in [-0.3, -0.25) is 4.79 Å². The summed E-state index contributed by atoms with van der Waals surface area (Å²) in [5.74, 6) is -1.38. The highest BCUT2D eigenvalue weighted by molar-refractivity contribution is 7.93. The molecule has 0 saturated heterocycles. The molecule has 0 saturated carbocycles. The first-order valence-electron chi connectivity index (χ1n) is 11.0. The maximum absolute atomic E-state index is 14.0. The number of amides is 3. The van der Waals surface area contributed by atoms with Crippen LogP contribution < -0.4 is 20.7 Å². The molecule has 0 fully saturated rings. The Morgan fingerprint density at radius 2 is 1.81 bits per heavy atom. The molecule has 0 atom stereocenters. The minimum Gasteiger partial charge on any atom is -0.381 e. The predicted molar refractivity (Wildman–Crippen MR) is 139 cm³/mol. The van der Waals surface area contributed by atoms with Crippen molar-refractivity contribution in [2.45, 2.75) is 20.0 Å². The number of rotatable bonds is 9. The van der Waals surface area contributed by atoms with Crippen molar-refractivity contribution >= 4 is 44.9 Å². The van der Waals surface area contributed by atoms with E-state index in [0.29, 0.717) is 26.7 Å². The van der Waals surface area contributed by atoms with E-state index in [1.165, 1.54) is 31.2 Å². The van der Waals surface area contributed by atoms with Crippen molar-refractivity contribution in [3.8, 4) is 6.07 Å². The Labute approximate surface area is 218 Å². The number of anilines is 2. The number of carbonyl (C=O) groups is 2. The quantitative estimate of drug-likeness (QED) is 0.370. The number of urea groups is 1. The molecule has 12 heteroatoms. The normalized spacial score (nSPS) is 10.9. The lowest BCUT2D eigenvalue weighted by Crippen LogP contribution is -2.41. The van der Waals surface area contributed by atoms with Gasteiger partial charge in [0, 0.05) is 34.9 Å². The van der Waals surface area contributed by atoms with Crippen molar-refractivity contribution in [1.82, 2.24) is 5.32 Å². The third-order valence-corrected chi connectivity index (χ3v) is 7.22. The summed E-state index contributed by atoms with van der Waals surface area (Å²) in [5.41, 5.74) is 7.02. The van der Waals surface area contributed by atoms with Crippen molar-refractivity contribution in [3.05, 3.63) is 93.8 Å². The molecule has 0 aliphatic heterocycles. The molecule has 3 aromatic carbocycles. The third kappa shape index (κ3) is 6.75. The number of nitrogens with zero attached hydrogens (tertiary/aromatic N) is 2. The van der Waals surface area contributed by atoms with Crippen LogP contribution in [0.5, 0.6) is 0 Å². The molecule has 0 aliphatic rings. The summed E-state index contributed by atoms with van der Waals surface area (Å²) >= 11 is 6.10. The smallest absolute Gasteiger partial charge is 0.333 e. The highest BCUT2D eigenvalue weighted by Crippen LogP contribution is 2.26. The number of nitrogens with two attached hydrogens (primary N) is 1. The van der Waals surface area contributed by atoms with Crippen LogP contribution in [0.2, 0.25) is 5.02 Å². The van der Waals surface area contributed by atoms with Crippen molar-refractivity contribution in [2.75, 3.05) is 15.4 Å². The van der Waals surface area contributed by atoms with E-state index in [-0.39, 0.29) is 35.2 Å². The summed E-state index contributed by atoms with van der Waals surface area (Å²) in [4.78, 5) is 24.8. The Morgan fingerprint density at radius 3 is 2.46 bits per heavy atom. The Bertz CT molecular complexity index is 1490. The first kappa shape index (κ1) is 27.4. The Balaban J connectivity index is 1.83. The molecule has 4 N–H and O–H groups in total. The van der Waals surface area contributed by atoms with E-state index in [2.05, 4.69) is 10.6 Å². The van der Waals surface area contributed by atoms with Crippen LogP contribution in [0.15, 0.2) is 60.7 Å². The number of sulfonamides is 1. The number of nitrogens with one attached hydrogen (secondary N) is 2. The van der Waals surface area contributed by atoms with Crippen LogP contribution in [0.25, 0.3) is 0 Å². The average Bonchev–Trinajstić information content (AvgIpc) is 2.86. The van der Waals surface area contributed by atoms with E-state index in [0.717, 1.165) is 0 Å². The summed E-state index contributed by atoms with van der Waals surface area (Å²) < 4.78 is 39.1. The third-order valence-electron chi connectivity index (χ3n) is 5.33. The molecule has 0 unspecified atom stereocenters. The Morgan fingerprint density at radius 1 is 1.08 bits per heavy atom. The lowest BCUT2D eigenvalue weighted by Gasteiger charge is -2.20. The molecule has 0 bridgehead atoms. The number of hydrogen-bond acceptors (Lipinski definition) is 6. The largest absolute Gasteiger partial charge is 0.381 e. The maximum atomic E-state index is 14.0. The number of halogens is 2. The van der Waals surface area contributed by atoms with Gasteiger partial charge in [-0.25, -0.2) is 17.6 Å². The zero-order chi connectivity index (χ0) is 27.2. The molecule has 9 nitrogen and oxygen atoms in total. The Kier molecular flexibility index (Phi) is 8.70. The second kappa shape index (κ2) is 11.7. The van der Waals surface area contributed by atoms with Crippen molar-refractivity contribution < 1.29 is 22.4 Å². The van der Waals surface area contributed by atoms with E-state index in [9.17, 15) is 27.7 Å². The standard InChI is InChI=1S/C25H23ClFN5O4S/c1-2-37(35,36)32(25(29)34)21-11-19(10-20(26)12-21)24(33)31-15-18-8-7-16(13-28)9-23(18)30-14-17-5-3-4-6-22(17)27/h3-12,30H,2,14-15H2,1H3,(H2,29,34)(H,31,33). The molecule has 0 aliphatic carbocycles. The second-order valence-electron chi connectivity index (χ2n) is 7.81. The number of nitriles is 1. The van der Waals surface area contributed by atoms with Gasteiger partial charge >= 0.3 is 6.03 Å². The highest BCUT2D eigenvalue weighted by atomic mass is 35.5. The van der Waals surface area contributed by atoms with E-state index in [4.69, 9.17) is 17.3 Å². The van der Waals surface area contributed by atoms with Crippen LogP contribution in [0.3, 0.4) is 0 Å². The fourth-order valence-electron chi connectivity index (χ4n) is 3.45. The SMILES string of the molecule is CCS(=O)(=O)N(C(N)=O)c1cc(Cl)cc(C(=O)NCc2ccc(C#N)cc2NCc2ccccc2F)c1. The van der Waals surface area contributed by atoms with E-state index < -0.39 is 27.7 Å². The molecule has 0 heterocycles. The van der Waals surface area contributed by atoms with E-state index in [1.807, 2.05) is 6.07 Å². The molecule has 192 valence electrons. The minimum atomic E-state index is -4.06. The summed E-state index contributed by atoms with van der Waals surface area (Å²) in [7, 11) is -4.06. The van der Waals surface area contributed by atoms with Gasteiger partial charge in [-0.1, -0.05) is 35.9 Å². The highest BCUT2D eigenvalue weighted by Gasteiger charge is 2.27. The summed E-state index contributed by atoms with van der Waals surface area (Å²) in [5, 5.41) is 15.1. The fraction of sp³-hybridized carbons (Fsp3) is 0.160. The average molecular weight is 544 g/mol. The number of primary amides is 1. The van der Waals surface area contributed by atoms with Gasteiger partial charge in [-0.15, -0.1) is 0 Å². The molecule has 0 spiro atoms. The second-order valence-corrected chi connectivity index (χ2v) is 10.4. The van der Waals surface area contributed by atoms with Gasteiger partial charge in [-0.2, -0.15) is 9.57 Å². The fourth-order valence-corrected chi connectivity index (χ4v) is 4.64. The molecular weight excluding hydrogens is 521 g/mol. The molecule has 3 amide bonds. The first-order valence-corrected chi connectivity index (χ1v) is 13.0. The molecule has 37 heavy (non-hydrogen) atoms. The zero-order valence-corrected chi connectivity index (χ0v) is 21.2. The van der Waals surface area contributed by atoms with E-state index in [1.54, 1.807) is 36.4 Å². The number of carbonyl (C=O) groups excluding carboxylic acids is 2. The molecular formula is C25H23ClFN5O4S. The van der Waals surface area contributed by atoms with Crippen LogP contribution in [0.1, 0.15) is 34.0 Å². The lowest BCUT2D eigenvalue weighted by atomic mass is 10.1. The number of benzene rings is 3. The van der Waals surface area contributed by atoms with E-state index >= 15 is 0 Å². The Hall–Kier alpha value is -4.14. The summed E-state index contributed by atoms with van der Waals surface area (Å²) in [6.07, 6.45) is 0. The summed E-state index contributed by atoms with van der Waals surface area (Å²) in [6, 6.07) is 15.6. The van der Waals surface area contributed by atoms with Crippen LogP contribution in [0, 0.1) is 17.1 Å². The topological polar surface area (TPSA) is 145 Å². The van der Waals surface area contributed by atoms with Crippen LogP contribution >= 0.6 is 11.6 Å². The van der Waals surface area contributed by atoms with Crippen molar-refractivity contribution in [2.24, 2.45) is 5.73 Å².